The van der Waals surface area contributed by atoms with Crippen LogP contribution < -0.4 is 11.1 Å². The fourth-order valence-corrected chi connectivity index (χ4v) is 2.60. The Morgan fingerprint density at radius 1 is 1.35 bits per heavy atom. The lowest BCUT2D eigenvalue weighted by Crippen LogP contribution is -2.20. The average molecular weight is 313 g/mol. The fraction of sp³-hybridized carbons (Fsp3) is 0.357. The van der Waals surface area contributed by atoms with Gasteiger partial charge in [-0.15, -0.1) is 0 Å². The molecule has 0 amide bonds. The van der Waals surface area contributed by atoms with Crippen molar-refractivity contribution in [2.75, 3.05) is 13.1 Å². The summed E-state index contributed by atoms with van der Waals surface area (Å²) in [6, 6.07) is 5.40. The van der Waals surface area contributed by atoms with E-state index in [0.29, 0.717) is 16.6 Å². The molecule has 0 unspecified atom stereocenters. The van der Waals surface area contributed by atoms with E-state index >= 15 is 0 Å². The minimum atomic E-state index is 0.417. The van der Waals surface area contributed by atoms with E-state index in [1.54, 1.807) is 18.5 Å². The van der Waals surface area contributed by atoms with E-state index in [2.05, 4.69) is 21.8 Å². The quantitative estimate of drug-likeness (QED) is 0.806. The predicted molar refractivity (Wildman–Crippen MR) is 84.1 cm³/mol. The van der Waals surface area contributed by atoms with Crippen molar-refractivity contribution in [3.8, 4) is 11.3 Å². The van der Waals surface area contributed by atoms with Crippen molar-refractivity contribution in [1.82, 2.24) is 14.9 Å². The second kappa shape index (κ2) is 7.09. The average Bonchev–Trinajstić information content (AvgIpc) is 2.82. The van der Waals surface area contributed by atoms with Crippen molar-refractivity contribution < 1.29 is 0 Å². The first-order chi connectivity index (χ1) is 9.67. The van der Waals surface area contributed by atoms with Crippen LogP contribution in [0.1, 0.15) is 12.6 Å². The Balaban J connectivity index is 2.32. The third-order valence-electron chi connectivity index (χ3n) is 3.11. The first kappa shape index (κ1) is 15.3. The van der Waals surface area contributed by atoms with Gasteiger partial charge in [0.2, 0.25) is 0 Å². The van der Waals surface area contributed by atoms with Gasteiger partial charge < -0.3 is 15.6 Å². The number of hydrogen-bond acceptors (Lipinski definition) is 3. The van der Waals surface area contributed by atoms with Gasteiger partial charge in [0.05, 0.1) is 22.7 Å². The molecule has 0 aliphatic heterocycles. The van der Waals surface area contributed by atoms with Crippen LogP contribution in [-0.2, 0) is 13.1 Å². The Kier molecular flexibility index (Phi) is 5.43. The molecule has 0 aliphatic carbocycles. The lowest BCUT2D eigenvalue weighted by atomic mass is 10.1. The number of nitrogens with one attached hydrogen (secondary N) is 1. The predicted octanol–water partition coefficient (Wildman–Crippen LogP) is 2.93. The Labute approximate surface area is 128 Å². The maximum atomic E-state index is 6.24. The molecule has 1 aromatic carbocycles. The molecule has 20 heavy (non-hydrogen) atoms. The maximum Gasteiger partial charge on any atom is 0.0956 e. The Bertz CT molecular complexity index is 581. The van der Waals surface area contributed by atoms with Crippen LogP contribution in [0, 0.1) is 0 Å². The lowest BCUT2D eigenvalue weighted by Gasteiger charge is -2.09. The second-order valence-electron chi connectivity index (χ2n) is 4.42. The third-order valence-corrected chi connectivity index (χ3v) is 3.65. The van der Waals surface area contributed by atoms with Crippen molar-refractivity contribution in [3.05, 3.63) is 40.3 Å². The molecule has 6 heteroatoms. The summed E-state index contributed by atoms with van der Waals surface area (Å²) in [7, 11) is 0. The molecule has 0 saturated carbocycles. The minimum absolute atomic E-state index is 0.417. The smallest absolute Gasteiger partial charge is 0.0956 e. The highest BCUT2D eigenvalue weighted by molar-refractivity contribution is 6.36. The van der Waals surface area contributed by atoms with E-state index in [-0.39, 0.29) is 0 Å². The van der Waals surface area contributed by atoms with Crippen LogP contribution in [0.15, 0.2) is 24.5 Å². The molecule has 4 nitrogen and oxygen atoms in total. The third kappa shape index (κ3) is 3.33. The summed E-state index contributed by atoms with van der Waals surface area (Å²) in [6.45, 7) is 5.16. The van der Waals surface area contributed by atoms with Crippen LogP contribution in [0.4, 0.5) is 0 Å². The summed E-state index contributed by atoms with van der Waals surface area (Å²) in [4.78, 5) is 4.45. The summed E-state index contributed by atoms with van der Waals surface area (Å²) >= 11 is 12.2. The molecule has 3 N–H and O–H groups in total. The summed E-state index contributed by atoms with van der Waals surface area (Å²) < 4.78 is 2.06. The van der Waals surface area contributed by atoms with Crippen molar-refractivity contribution >= 4 is 23.2 Å². The standard InChI is InChI=1S/C14H18Cl2N4/c1-2-18-5-6-20-9-19-14(13(20)8-17)11-4-3-10(15)7-12(11)16/h3-4,7,9,18H,2,5-6,8,17H2,1H3. The molecule has 0 spiro atoms. The van der Waals surface area contributed by atoms with Crippen molar-refractivity contribution in [1.29, 1.82) is 0 Å². The molecule has 0 radical (unpaired) electrons. The van der Waals surface area contributed by atoms with E-state index < -0.39 is 0 Å². The maximum absolute atomic E-state index is 6.24. The van der Waals surface area contributed by atoms with Gasteiger partial charge in [-0.1, -0.05) is 30.1 Å². The first-order valence-electron chi connectivity index (χ1n) is 6.57. The molecule has 0 bridgehead atoms. The van der Waals surface area contributed by atoms with Crippen LogP contribution >= 0.6 is 23.2 Å². The molecule has 2 rings (SSSR count). The second-order valence-corrected chi connectivity index (χ2v) is 5.26. The zero-order valence-corrected chi connectivity index (χ0v) is 12.9. The number of nitrogens with two attached hydrogens (primary N) is 1. The molecular formula is C14H18Cl2N4. The number of hydrogen-bond donors (Lipinski definition) is 2. The van der Waals surface area contributed by atoms with Gasteiger partial charge in [-0.2, -0.15) is 0 Å². The Morgan fingerprint density at radius 3 is 2.80 bits per heavy atom. The largest absolute Gasteiger partial charge is 0.332 e. The molecule has 1 aromatic heterocycles. The molecule has 1 heterocycles. The number of likely N-dealkylation sites (N-methyl/N-ethyl adjacent to an activating group) is 1. The number of benzene rings is 1. The first-order valence-corrected chi connectivity index (χ1v) is 7.33. The molecule has 108 valence electrons. The van der Waals surface area contributed by atoms with Crippen LogP contribution in [0.5, 0.6) is 0 Å². The molecule has 0 fully saturated rings. The number of imidazole rings is 1. The number of aromatic nitrogens is 2. The van der Waals surface area contributed by atoms with Gasteiger partial charge in [0.1, 0.15) is 0 Å². The van der Waals surface area contributed by atoms with Gasteiger partial charge in [0.25, 0.3) is 0 Å². The van der Waals surface area contributed by atoms with E-state index in [1.165, 1.54) is 0 Å². The highest BCUT2D eigenvalue weighted by atomic mass is 35.5. The molecule has 0 aliphatic rings. The fourth-order valence-electron chi connectivity index (χ4n) is 2.10. The minimum Gasteiger partial charge on any atom is -0.332 e. The van der Waals surface area contributed by atoms with Gasteiger partial charge in [-0.3, -0.25) is 0 Å². The van der Waals surface area contributed by atoms with Gasteiger partial charge >= 0.3 is 0 Å². The van der Waals surface area contributed by atoms with E-state index in [4.69, 9.17) is 28.9 Å². The zero-order chi connectivity index (χ0) is 14.5. The van der Waals surface area contributed by atoms with Crippen LogP contribution in [0.2, 0.25) is 10.0 Å². The van der Waals surface area contributed by atoms with Crippen molar-refractivity contribution in [2.24, 2.45) is 5.73 Å². The number of rotatable bonds is 6. The highest BCUT2D eigenvalue weighted by Gasteiger charge is 2.14. The summed E-state index contributed by atoms with van der Waals surface area (Å²) in [5.74, 6) is 0. The summed E-state index contributed by atoms with van der Waals surface area (Å²) in [5.41, 5.74) is 8.53. The van der Waals surface area contributed by atoms with E-state index in [9.17, 15) is 0 Å². The number of nitrogens with zero attached hydrogens (tertiary/aromatic N) is 2. The van der Waals surface area contributed by atoms with E-state index in [0.717, 1.165) is 36.6 Å². The Morgan fingerprint density at radius 2 is 2.15 bits per heavy atom. The SMILES string of the molecule is CCNCCn1cnc(-c2ccc(Cl)cc2Cl)c1CN. The monoisotopic (exact) mass is 312 g/mol. The molecular weight excluding hydrogens is 295 g/mol. The van der Waals surface area contributed by atoms with Gasteiger partial charge in [-0.05, 0) is 24.7 Å². The van der Waals surface area contributed by atoms with Crippen LogP contribution in [-0.4, -0.2) is 22.6 Å². The topological polar surface area (TPSA) is 55.9 Å². The lowest BCUT2D eigenvalue weighted by molar-refractivity contribution is 0.596. The summed E-state index contributed by atoms with van der Waals surface area (Å²) in [5, 5.41) is 4.48. The van der Waals surface area contributed by atoms with E-state index in [1.807, 2.05) is 6.07 Å². The Hall–Kier alpha value is -1.07. The molecule has 0 saturated heterocycles. The highest BCUT2D eigenvalue weighted by Crippen LogP contribution is 2.31. The molecule has 0 atom stereocenters. The zero-order valence-electron chi connectivity index (χ0n) is 11.4. The van der Waals surface area contributed by atoms with Crippen LogP contribution in [0.3, 0.4) is 0 Å². The van der Waals surface area contributed by atoms with Crippen molar-refractivity contribution in [2.45, 2.75) is 20.0 Å². The van der Waals surface area contributed by atoms with Gasteiger partial charge in [0, 0.05) is 30.2 Å². The van der Waals surface area contributed by atoms with Crippen molar-refractivity contribution in [3.63, 3.8) is 0 Å². The van der Waals surface area contributed by atoms with Gasteiger partial charge in [0.15, 0.2) is 0 Å². The summed E-state index contributed by atoms with van der Waals surface area (Å²) in [6.07, 6.45) is 1.81. The normalized spacial score (nSPS) is 11.0. The molecule has 2 aromatic rings. The number of halogens is 2. The van der Waals surface area contributed by atoms with Gasteiger partial charge in [-0.25, -0.2) is 4.98 Å². The van der Waals surface area contributed by atoms with Crippen LogP contribution in [0.25, 0.3) is 11.3 Å².